The Bertz CT molecular complexity index is 2210. The van der Waals surface area contributed by atoms with Crippen LogP contribution in [0.15, 0.2) is 72.8 Å². The third-order valence-corrected chi connectivity index (χ3v) is 12.5. The number of aryl methyl sites for hydroxylation is 1. The molecule has 14 heteroatoms. The summed E-state index contributed by atoms with van der Waals surface area (Å²) in [5, 5.41) is 31.8. The van der Waals surface area contributed by atoms with Gasteiger partial charge in [0.25, 0.3) is 0 Å². The van der Waals surface area contributed by atoms with E-state index in [-0.39, 0.29) is 45.4 Å². The molecule has 3 N–H and O–H groups in total. The van der Waals surface area contributed by atoms with Crippen molar-refractivity contribution >= 4 is 19.5 Å². The van der Waals surface area contributed by atoms with Crippen LogP contribution in [0.25, 0.3) is 11.1 Å². The largest absolute Gasteiger partial charge is 0.488 e. The van der Waals surface area contributed by atoms with Gasteiger partial charge in [-0.2, -0.15) is 5.26 Å². The number of ether oxygens (including phenoxy) is 4. The van der Waals surface area contributed by atoms with Crippen molar-refractivity contribution in [2.45, 2.75) is 74.1 Å². The molecule has 0 spiro atoms. The SMILES string of the molecule is Cc1cc(CNCCP(=O)(OCCC(C)(C)C(=O)O)OCCC(C)(C)C(=O)O)c(OCc2cccc(C#N)c2)cc1OCc1cccc(-c2ccc3c(c2)OCCO3)c1C. The van der Waals surface area contributed by atoms with Crippen LogP contribution in [0.1, 0.15) is 73.9 Å². The molecule has 1 aliphatic heterocycles. The number of carbonyl (C=O) groups is 2. The second-order valence-corrected chi connectivity index (χ2v) is 18.3. The molecule has 0 unspecified atom stereocenters. The number of aliphatic carboxylic acids is 2. The number of nitrogens with zero attached hydrogens (tertiary/aromatic N) is 1. The molecule has 60 heavy (non-hydrogen) atoms. The Morgan fingerprint density at radius 3 is 2.12 bits per heavy atom. The topological polar surface area (TPSA) is 183 Å². The first-order valence-electron chi connectivity index (χ1n) is 19.9. The van der Waals surface area contributed by atoms with Gasteiger partial charge in [-0.1, -0.05) is 36.4 Å². The molecular weight excluding hydrogens is 787 g/mol. The molecule has 320 valence electrons. The van der Waals surface area contributed by atoms with Crippen LogP contribution in [0.5, 0.6) is 23.0 Å². The molecule has 0 amide bonds. The minimum atomic E-state index is -3.77. The average molecular weight is 843 g/mol. The zero-order chi connectivity index (χ0) is 43.5. The van der Waals surface area contributed by atoms with Crippen LogP contribution in [0.2, 0.25) is 0 Å². The highest BCUT2D eigenvalue weighted by molar-refractivity contribution is 7.53. The summed E-state index contributed by atoms with van der Waals surface area (Å²) in [4.78, 5) is 23.3. The molecule has 1 heterocycles. The maximum Gasteiger partial charge on any atom is 0.331 e. The van der Waals surface area contributed by atoms with Gasteiger partial charge in [0.2, 0.25) is 0 Å². The molecule has 0 bridgehead atoms. The number of nitrogens with one attached hydrogen (secondary N) is 1. The fourth-order valence-corrected chi connectivity index (χ4v) is 7.77. The lowest BCUT2D eigenvalue weighted by molar-refractivity contribution is -0.148. The minimum absolute atomic E-state index is 0.0456. The van der Waals surface area contributed by atoms with E-state index >= 15 is 0 Å². The second-order valence-electron chi connectivity index (χ2n) is 16.1. The lowest BCUT2D eigenvalue weighted by Crippen LogP contribution is -2.26. The highest BCUT2D eigenvalue weighted by atomic mass is 31.2. The van der Waals surface area contributed by atoms with E-state index < -0.39 is 30.4 Å². The molecule has 0 atom stereocenters. The molecule has 0 aromatic heterocycles. The van der Waals surface area contributed by atoms with E-state index in [1.54, 1.807) is 45.9 Å². The van der Waals surface area contributed by atoms with Gasteiger partial charge in [-0.05, 0) is 118 Å². The van der Waals surface area contributed by atoms with Gasteiger partial charge in [0.05, 0.1) is 41.8 Å². The predicted molar refractivity (Wildman–Crippen MR) is 227 cm³/mol. The first-order valence-corrected chi connectivity index (χ1v) is 21.7. The molecule has 0 aliphatic carbocycles. The van der Waals surface area contributed by atoms with Gasteiger partial charge in [0, 0.05) is 24.7 Å². The fraction of sp³-hybridized carbons (Fsp3) is 0.413. The van der Waals surface area contributed by atoms with Crippen molar-refractivity contribution in [3.05, 3.63) is 106 Å². The van der Waals surface area contributed by atoms with Gasteiger partial charge >= 0.3 is 19.5 Å². The van der Waals surface area contributed by atoms with Gasteiger partial charge in [-0.15, -0.1) is 0 Å². The summed E-state index contributed by atoms with van der Waals surface area (Å²) in [6.07, 6.45) is 0.149. The van der Waals surface area contributed by atoms with Crippen LogP contribution >= 0.6 is 7.60 Å². The van der Waals surface area contributed by atoms with Crippen molar-refractivity contribution in [3.63, 3.8) is 0 Å². The number of benzene rings is 4. The number of nitriles is 1. The van der Waals surface area contributed by atoms with E-state index in [4.69, 9.17) is 28.0 Å². The summed E-state index contributed by atoms with van der Waals surface area (Å²) >= 11 is 0. The van der Waals surface area contributed by atoms with Crippen LogP contribution in [0, 0.1) is 36.0 Å². The summed E-state index contributed by atoms with van der Waals surface area (Å²) in [7, 11) is -3.77. The maximum absolute atomic E-state index is 13.9. The summed E-state index contributed by atoms with van der Waals surface area (Å²) < 4.78 is 49.8. The number of fused-ring (bicyclic) bond motifs is 1. The number of carboxylic acid groups (broad SMARTS) is 2. The maximum atomic E-state index is 13.9. The summed E-state index contributed by atoms with van der Waals surface area (Å²) in [5.74, 6) is 0.622. The van der Waals surface area contributed by atoms with Gasteiger partial charge in [-0.25, -0.2) is 0 Å². The summed E-state index contributed by atoms with van der Waals surface area (Å²) in [6, 6.07) is 25.2. The molecule has 5 rings (SSSR count). The van der Waals surface area contributed by atoms with E-state index in [1.165, 1.54) is 0 Å². The molecule has 4 aromatic rings. The number of hydrogen-bond donors (Lipinski definition) is 3. The van der Waals surface area contributed by atoms with Crippen molar-refractivity contribution in [1.82, 2.24) is 5.32 Å². The Morgan fingerprint density at radius 2 is 1.45 bits per heavy atom. The van der Waals surface area contributed by atoms with E-state index in [9.17, 15) is 29.6 Å². The van der Waals surface area contributed by atoms with Crippen LogP contribution in [-0.4, -0.2) is 61.3 Å². The zero-order valence-corrected chi connectivity index (χ0v) is 36.1. The van der Waals surface area contributed by atoms with E-state index in [0.29, 0.717) is 43.4 Å². The lowest BCUT2D eigenvalue weighted by atomic mass is 9.90. The highest BCUT2D eigenvalue weighted by Crippen LogP contribution is 2.49. The van der Waals surface area contributed by atoms with Crippen LogP contribution in [0.4, 0.5) is 0 Å². The van der Waals surface area contributed by atoms with Crippen LogP contribution < -0.4 is 24.3 Å². The van der Waals surface area contributed by atoms with E-state index in [2.05, 4.69) is 24.4 Å². The summed E-state index contributed by atoms with van der Waals surface area (Å²) in [5.41, 5.74) is 4.95. The Hall–Kier alpha value is -5.38. The van der Waals surface area contributed by atoms with Crippen molar-refractivity contribution in [1.29, 1.82) is 5.26 Å². The van der Waals surface area contributed by atoms with E-state index in [1.807, 2.05) is 55.5 Å². The third-order valence-electron chi connectivity index (χ3n) is 10.6. The minimum Gasteiger partial charge on any atom is -0.488 e. The smallest absolute Gasteiger partial charge is 0.331 e. The van der Waals surface area contributed by atoms with Crippen LogP contribution in [0.3, 0.4) is 0 Å². The molecule has 0 radical (unpaired) electrons. The second kappa shape index (κ2) is 20.3. The molecule has 4 aromatic carbocycles. The zero-order valence-electron chi connectivity index (χ0n) is 35.2. The Labute approximate surface area is 352 Å². The molecule has 13 nitrogen and oxygen atoms in total. The average Bonchev–Trinajstić information content (AvgIpc) is 3.21. The molecule has 0 saturated carbocycles. The molecule has 1 aliphatic rings. The van der Waals surface area contributed by atoms with Gasteiger partial charge in [-0.3, -0.25) is 14.2 Å². The quantitative estimate of drug-likeness (QED) is 0.0504. The molecule has 0 saturated heterocycles. The number of rotatable bonds is 22. The van der Waals surface area contributed by atoms with E-state index in [0.717, 1.165) is 50.4 Å². The highest BCUT2D eigenvalue weighted by Gasteiger charge is 2.32. The normalized spacial score (nSPS) is 12.8. The molecule has 0 fully saturated rings. The van der Waals surface area contributed by atoms with Crippen molar-refractivity contribution in [3.8, 4) is 40.2 Å². The van der Waals surface area contributed by atoms with Gasteiger partial charge in [0.1, 0.15) is 37.9 Å². The van der Waals surface area contributed by atoms with Crippen molar-refractivity contribution in [2.75, 3.05) is 39.1 Å². The van der Waals surface area contributed by atoms with Gasteiger partial charge < -0.3 is 43.5 Å². The fourth-order valence-electron chi connectivity index (χ4n) is 6.27. The number of carboxylic acids is 2. The Kier molecular flexibility index (Phi) is 15.4. The summed E-state index contributed by atoms with van der Waals surface area (Å²) in [6.45, 7) is 12.0. The standard InChI is InChI=1S/C46H55N2O11P/c1-31-23-37(28-48-17-22-60(53,58-18-15-45(3,4)43(49)50)59-19-16-46(5,6)44(51)52)41(56-29-34-10-7-9-33(24-34)27-47)26-40(31)57-30-36-11-8-12-38(32(36)2)35-13-14-39-42(25-35)55-21-20-54-39/h7-14,23-26,48H,15-22,28-30H2,1-6H3,(H,49,50)(H,51,52). The Balaban J connectivity index is 1.31. The Morgan fingerprint density at radius 1 is 0.800 bits per heavy atom. The van der Waals surface area contributed by atoms with Crippen molar-refractivity contribution in [2.24, 2.45) is 10.8 Å². The monoisotopic (exact) mass is 842 g/mol. The van der Waals surface area contributed by atoms with Crippen LogP contribution in [-0.2, 0) is 43.0 Å². The van der Waals surface area contributed by atoms with Gasteiger partial charge in [0.15, 0.2) is 11.5 Å². The number of hydrogen-bond acceptors (Lipinski definition) is 11. The lowest BCUT2D eigenvalue weighted by Gasteiger charge is -2.24. The molecular formula is C46H55N2O11P. The first kappa shape index (κ1) is 45.7. The first-order chi connectivity index (χ1) is 28.5. The van der Waals surface area contributed by atoms with Crippen molar-refractivity contribution < 1.29 is 52.4 Å². The third kappa shape index (κ3) is 12.3. The predicted octanol–water partition coefficient (Wildman–Crippen LogP) is 9.09.